The maximum Gasteiger partial charge on any atom is 0.303 e. The molecule has 30 heavy (non-hydrogen) atoms. The zero-order chi connectivity index (χ0) is 21.3. The van der Waals surface area contributed by atoms with Crippen LogP contribution in [0.3, 0.4) is 0 Å². The molecule has 0 atom stereocenters. The van der Waals surface area contributed by atoms with E-state index in [4.69, 9.17) is 9.84 Å². The first-order valence-electron chi connectivity index (χ1n) is 10.5. The van der Waals surface area contributed by atoms with Gasteiger partial charge in [0.1, 0.15) is 0 Å². The van der Waals surface area contributed by atoms with Crippen LogP contribution in [0.4, 0.5) is 0 Å². The standard InChI is InChI=1S/C22H29NO.C3H6O2.ClH/c1-22(2,3)19-10-8-17(9-11-19)21-7-5-4-6-18(21)16-24-20-12-14-23-15-13-20;1-2-3(4)5;/h4-11,20,23H,12-16H2,1-3H3;2H2,1H3,(H,4,5);1H. The van der Waals surface area contributed by atoms with Crippen LogP contribution in [0.15, 0.2) is 48.5 Å². The first-order valence-corrected chi connectivity index (χ1v) is 10.5. The topological polar surface area (TPSA) is 58.6 Å². The number of aliphatic carboxylic acids is 1. The van der Waals surface area contributed by atoms with Crippen molar-refractivity contribution in [3.05, 3.63) is 59.7 Å². The summed E-state index contributed by atoms with van der Waals surface area (Å²) in [5, 5.41) is 11.1. The van der Waals surface area contributed by atoms with Gasteiger partial charge in [-0.1, -0.05) is 76.2 Å². The van der Waals surface area contributed by atoms with Gasteiger partial charge in [-0.3, -0.25) is 4.79 Å². The van der Waals surface area contributed by atoms with Gasteiger partial charge >= 0.3 is 5.97 Å². The molecule has 4 nitrogen and oxygen atoms in total. The second-order valence-corrected chi connectivity index (χ2v) is 8.49. The van der Waals surface area contributed by atoms with Gasteiger partial charge in [0, 0.05) is 6.42 Å². The number of rotatable bonds is 5. The largest absolute Gasteiger partial charge is 0.481 e. The summed E-state index contributed by atoms with van der Waals surface area (Å²) in [6.07, 6.45) is 2.84. The van der Waals surface area contributed by atoms with Crippen LogP contribution < -0.4 is 5.32 Å². The molecule has 1 aliphatic heterocycles. The van der Waals surface area contributed by atoms with Gasteiger partial charge in [0.15, 0.2) is 0 Å². The lowest BCUT2D eigenvalue weighted by atomic mass is 9.86. The van der Waals surface area contributed by atoms with E-state index in [1.807, 2.05) is 0 Å². The van der Waals surface area contributed by atoms with Crippen LogP contribution in [0.1, 0.15) is 58.1 Å². The van der Waals surface area contributed by atoms with E-state index in [2.05, 4.69) is 74.6 Å². The van der Waals surface area contributed by atoms with E-state index >= 15 is 0 Å². The smallest absolute Gasteiger partial charge is 0.303 e. The van der Waals surface area contributed by atoms with E-state index < -0.39 is 5.97 Å². The first kappa shape index (κ1) is 26.2. The van der Waals surface area contributed by atoms with E-state index in [0.717, 1.165) is 25.9 Å². The highest BCUT2D eigenvalue weighted by molar-refractivity contribution is 5.85. The zero-order valence-corrected chi connectivity index (χ0v) is 19.4. The zero-order valence-electron chi connectivity index (χ0n) is 18.6. The van der Waals surface area contributed by atoms with E-state index in [1.165, 1.54) is 22.3 Å². The Kier molecular flexibility index (Phi) is 11.1. The number of halogens is 1. The molecule has 0 aliphatic carbocycles. The third-order valence-corrected chi connectivity index (χ3v) is 5.14. The van der Waals surface area contributed by atoms with Gasteiger partial charge in [0.2, 0.25) is 0 Å². The molecule has 1 fully saturated rings. The number of carboxylic acids is 1. The summed E-state index contributed by atoms with van der Waals surface area (Å²) in [7, 11) is 0. The lowest BCUT2D eigenvalue weighted by molar-refractivity contribution is -0.136. The molecule has 1 heterocycles. The summed E-state index contributed by atoms with van der Waals surface area (Å²) >= 11 is 0. The third kappa shape index (κ3) is 8.47. The van der Waals surface area contributed by atoms with Crippen LogP contribution in [0.5, 0.6) is 0 Å². The first-order chi connectivity index (χ1) is 13.8. The van der Waals surface area contributed by atoms with E-state index in [0.29, 0.717) is 12.7 Å². The molecular weight excluding hydrogens is 398 g/mol. The number of carbonyl (C=O) groups is 1. The second-order valence-electron chi connectivity index (χ2n) is 8.49. The van der Waals surface area contributed by atoms with Crippen molar-refractivity contribution < 1.29 is 14.6 Å². The van der Waals surface area contributed by atoms with Crippen molar-refractivity contribution in [2.45, 2.75) is 65.1 Å². The van der Waals surface area contributed by atoms with Gasteiger partial charge in [0.05, 0.1) is 12.7 Å². The predicted molar refractivity (Wildman–Crippen MR) is 126 cm³/mol. The number of benzene rings is 2. The van der Waals surface area contributed by atoms with Gasteiger partial charge in [-0.15, -0.1) is 12.4 Å². The molecule has 2 N–H and O–H groups in total. The fourth-order valence-electron chi connectivity index (χ4n) is 3.25. The number of hydrogen-bond acceptors (Lipinski definition) is 3. The molecule has 2 aromatic rings. The molecular formula is C25H36ClNO3. The number of ether oxygens (including phenoxy) is 1. The molecule has 0 bridgehead atoms. The Labute approximate surface area is 187 Å². The number of carboxylic acid groups (broad SMARTS) is 1. The highest BCUT2D eigenvalue weighted by Gasteiger charge is 2.16. The van der Waals surface area contributed by atoms with Crippen molar-refractivity contribution in [2.75, 3.05) is 13.1 Å². The highest BCUT2D eigenvalue weighted by Crippen LogP contribution is 2.28. The summed E-state index contributed by atoms with van der Waals surface area (Å²) in [5.74, 6) is -0.745. The Morgan fingerprint density at radius 2 is 1.63 bits per heavy atom. The molecule has 5 heteroatoms. The SMILES string of the molecule is CC(C)(C)c1ccc(-c2ccccc2COC2CCNCC2)cc1.CCC(=O)O.Cl. The monoisotopic (exact) mass is 433 g/mol. The van der Waals surface area contributed by atoms with Gasteiger partial charge < -0.3 is 15.2 Å². The minimum Gasteiger partial charge on any atom is -0.481 e. The summed E-state index contributed by atoms with van der Waals surface area (Å²) in [5.41, 5.74) is 5.39. The Morgan fingerprint density at radius 3 is 2.17 bits per heavy atom. The fraction of sp³-hybridized carbons (Fsp3) is 0.480. The number of hydrogen-bond donors (Lipinski definition) is 2. The average molecular weight is 434 g/mol. The molecule has 0 unspecified atom stereocenters. The Bertz CT molecular complexity index is 763. The van der Waals surface area contributed by atoms with Gasteiger partial charge in [-0.25, -0.2) is 0 Å². The molecule has 0 radical (unpaired) electrons. The Balaban J connectivity index is 0.000000674. The molecule has 0 saturated carbocycles. The molecule has 0 aromatic heterocycles. The summed E-state index contributed by atoms with van der Waals surface area (Å²) in [6.45, 7) is 11.2. The van der Waals surface area contributed by atoms with Crippen LogP contribution >= 0.6 is 12.4 Å². The minimum absolute atomic E-state index is 0. The van der Waals surface area contributed by atoms with Gasteiger partial charge in [0.25, 0.3) is 0 Å². The van der Waals surface area contributed by atoms with Crippen molar-refractivity contribution in [3.8, 4) is 11.1 Å². The van der Waals surface area contributed by atoms with E-state index in [-0.39, 0.29) is 24.2 Å². The van der Waals surface area contributed by atoms with Crippen molar-refractivity contribution >= 4 is 18.4 Å². The van der Waals surface area contributed by atoms with Crippen LogP contribution in [-0.2, 0) is 21.6 Å². The quantitative estimate of drug-likeness (QED) is 0.623. The normalized spacial score (nSPS) is 14.3. The van der Waals surface area contributed by atoms with E-state index in [1.54, 1.807) is 6.92 Å². The van der Waals surface area contributed by atoms with Crippen molar-refractivity contribution in [1.29, 1.82) is 0 Å². The minimum atomic E-state index is -0.745. The lowest BCUT2D eigenvalue weighted by Crippen LogP contribution is -2.32. The van der Waals surface area contributed by atoms with Crippen LogP contribution in [0.2, 0.25) is 0 Å². The number of nitrogens with one attached hydrogen (secondary N) is 1. The predicted octanol–water partition coefficient (Wildman–Crippen LogP) is 5.82. The van der Waals surface area contributed by atoms with Crippen LogP contribution in [-0.4, -0.2) is 30.3 Å². The maximum absolute atomic E-state index is 9.37. The van der Waals surface area contributed by atoms with Crippen molar-refractivity contribution in [1.82, 2.24) is 5.32 Å². The van der Waals surface area contributed by atoms with Crippen LogP contribution in [0.25, 0.3) is 11.1 Å². The Hall–Kier alpha value is -1.88. The molecule has 1 saturated heterocycles. The molecule has 0 amide bonds. The summed E-state index contributed by atoms with van der Waals surface area (Å²) in [4.78, 5) is 9.37. The van der Waals surface area contributed by atoms with Crippen LogP contribution in [0, 0.1) is 0 Å². The van der Waals surface area contributed by atoms with E-state index in [9.17, 15) is 4.79 Å². The fourth-order valence-corrected chi connectivity index (χ4v) is 3.25. The summed E-state index contributed by atoms with van der Waals surface area (Å²) in [6, 6.07) is 17.6. The number of piperidine rings is 1. The maximum atomic E-state index is 9.37. The summed E-state index contributed by atoms with van der Waals surface area (Å²) < 4.78 is 6.17. The Morgan fingerprint density at radius 1 is 1.07 bits per heavy atom. The van der Waals surface area contributed by atoms with Gasteiger partial charge in [-0.05, 0) is 53.6 Å². The second kappa shape index (κ2) is 12.7. The van der Waals surface area contributed by atoms with Gasteiger partial charge in [-0.2, -0.15) is 0 Å². The molecule has 3 rings (SSSR count). The molecule has 0 spiro atoms. The molecule has 166 valence electrons. The average Bonchev–Trinajstić information content (AvgIpc) is 2.73. The third-order valence-electron chi connectivity index (χ3n) is 5.14. The highest BCUT2D eigenvalue weighted by atomic mass is 35.5. The lowest BCUT2D eigenvalue weighted by Gasteiger charge is -2.23. The van der Waals surface area contributed by atoms with Crippen molar-refractivity contribution in [3.63, 3.8) is 0 Å². The van der Waals surface area contributed by atoms with Crippen molar-refractivity contribution in [2.24, 2.45) is 0 Å². The molecule has 1 aliphatic rings. The molecule has 2 aromatic carbocycles.